The molecule has 136 valence electrons. The first-order valence-electron chi connectivity index (χ1n) is 8.67. The van der Waals surface area contributed by atoms with Crippen LogP contribution in [0.4, 0.5) is 0 Å². The summed E-state index contributed by atoms with van der Waals surface area (Å²) in [6.45, 7) is 5.94. The van der Waals surface area contributed by atoms with Gasteiger partial charge in [0.1, 0.15) is 0 Å². The van der Waals surface area contributed by atoms with Crippen molar-refractivity contribution in [3.63, 3.8) is 0 Å². The van der Waals surface area contributed by atoms with E-state index in [1.807, 2.05) is 57.2 Å². The molecule has 6 nitrogen and oxygen atoms in total. The predicted molar refractivity (Wildman–Crippen MR) is 107 cm³/mol. The van der Waals surface area contributed by atoms with Crippen molar-refractivity contribution in [2.75, 3.05) is 0 Å². The summed E-state index contributed by atoms with van der Waals surface area (Å²) in [7, 11) is 0. The molecule has 2 aromatic heterocycles. The van der Waals surface area contributed by atoms with Crippen LogP contribution in [0.1, 0.15) is 28.4 Å². The van der Waals surface area contributed by atoms with Gasteiger partial charge < -0.3 is 4.98 Å². The minimum Gasteiger partial charge on any atom is -0.360 e. The first-order valence-corrected chi connectivity index (χ1v) is 9.55. The molecule has 0 amide bonds. The van der Waals surface area contributed by atoms with Crippen molar-refractivity contribution < 1.29 is 4.79 Å². The molecule has 0 unspecified atom stereocenters. The average Bonchev–Trinajstić information content (AvgIpc) is 3.30. The van der Waals surface area contributed by atoms with Gasteiger partial charge in [-0.05, 0) is 54.5 Å². The van der Waals surface area contributed by atoms with Crippen LogP contribution in [0.15, 0.2) is 53.8 Å². The Balaban J connectivity index is 1.62. The van der Waals surface area contributed by atoms with E-state index in [9.17, 15) is 4.79 Å². The van der Waals surface area contributed by atoms with Crippen LogP contribution in [-0.4, -0.2) is 36.2 Å². The second-order valence-corrected chi connectivity index (χ2v) is 7.84. The van der Waals surface area contributed by atoms with E-state index in [4.69, 9.17) is 0 Å². The van der Waals surface area contributed by atoms with Gasteiger partial charge in [0.25, 0.3) is 0 Å². The Kier molecular flexibility index (Phi) is 4.53. The number of hydrogen-bond donors (Lipinski definition) is 1. The number of ketones is 1. The molecule has 0 saturated carbocycles. The van der Waals surface area contributed by atoms with Gasteiger partial charge in [-0.1, -0.05) is 42.1 Å². The predicted octanol–water partition coefficient (Wildman–Crippen LogP) is 4.12. The maximum atomic E-state index is 13.0. The van der Waals surface area contributed by atoms with E-state index in [0.717, 1.165) is 27.7 Å². The molecule has 2 aromatic carbocycles. The Morgan fingerprint density at radius 3 is 2.85 bits per heavy atom. The van der Waals surface area contributed by atoms with E-state index in [2.05, 4.69) is 26.6 Å². The second-order valence-electron chi connectivity index (χ2n) is 6.54. The Morgan fingerprint density at radius 1 is 1.19 bits per heavy atom. The van der Waals surface area contributed by atoms with Crippen LogP contribution in [0, 0.1) is 13.8 Å². The number of rotatable bonds is 5. The number of thioether (sulfide) groups is 1. The number of nitrogens with one attached hydrogen (secondary N) is 1. The van der Waals surface area contributed by atoms with Crippen LogP contribution in [0.2, 0.25) is 0 Å². The van der Waals surface area contributed by atoms with Gasteiger partial charge in [-0.15, -0.1) is 5.10 Å². The number of carbonyl (C=O) groups excluding carboxylic acids is 1. The second kappa shape index (κ2) is 7.00. The van der Waals surface area contributed by atoms with E-state index in [1.165, 1.54) is 11.8 Å². The lowest BCUT2D eigenvalue weighted by Crippen LogP contribution is -2.14. The first kappa shape index (κ1) is 17.5. The van der Waals surface area contributed by atoms with Gasteiger partial charge in [0, 0.05) is 22.7 Å². The van der Waals surface area contributed by atoms with E-state index >= 15 is 0 Å². The monoisotopic (exact) mass is 377 g/mol. The van der Waals surface area contributed by atoms with E-state index in [-0.39, 0.29) is 11.0 Å². The van der Waals surface area contributed by atoms with Crippen molar-refractivity contribution in [3.05, 3.63) is 65.4 Å². The number of aryl methyl sites for hydroxylation is 2. The lowest BCUT2D eigenvalue weighted by Gasteiger charge is -2.11. The summed E-state index contributed by atoms with van der Waals surface area (Å²) in [4.78, 5) is 16.2. The third kappa shape index (κ3) is 3.26. The SMILES string of the molecule is Cc1ccc(C)c(-n2nnnc2S[C@@H](C)C(=O)c2c[nH]c3ccccc23)c1. The number of fused-ring (bicyclic) bond motifs is 1. The number of carbonyl (C=O) groups is 1. The highest BCUT2D eigenvalue weighted by atomic mass is 32.2. The lowest BCUT2D eigenvalue weighted by atomic mass is 10.1. The summed E-state index contributed by atoms with van der Waals surface area (Å²) in [5, 5.41) is 13.3. The maximum Gasteiger partial charge on any atom is 0.214 e. The normalized spacial score (nSPS) is 12.4. The zero-order valence-corrected chi connectivity index (χ0v) is 16.1. The molecule has 4 aromatic rings. The molecule has 2 heterocycles. The molecule has 1 atom stereocenters. The topological polar surface area (TPSA) is 76.5 Å². The maximum absolute atomic E-state index is 13.0. The van der Waals surface area contributed by atoms with Gasteiger partial charge in [0.2, 0.25) is 5.16 Å². The highest BCUT2D eigenvalue weighted by molar-refractivity contribution is 8.00. The molecular formula is C20H19N5OS. The summed E-state index contributed by atoms with van der Waals surface area (Å²) in [6.07, 6.45) is 1.78. The third-order valence-electron chi connectivity index (χ3n) is 4.54. The van der Waals surface area contributed by atoms with Gasteiger partial charge in [-0.2, -0.15) is 4.68 Å². The fourth-order valence-electron chi connectivity index (χ4n) is 3.06. The van der Waals surface area contributed by atoms with Gasteiger partial charge in [-0.3, -0.25) is 4.79 Å². The molecule has 0 bridgehead atoms. The van der Waals surface area contributed by atoms with E-state index < -0.39 is 0 Å². The standard InChI is InChI=1S/C20H19N5OS/c1-12-8-9-13(2)18(10-12)25-20(22-23-24-25)27-14(3)19(26)16-11-21-17-7-5-4-6-15(16)17/h4-11,14,21H,1-3H3/t14-/m0/s1. The summed E-state index contributed by atoms with van der Waals surface area (Å²) in [5.41, 5.74) is 4.78. The number of para-hydroxylation sites is 1. The van der Waals surface area contributed by atoms with Gasteiger partial charge in [-0.25, -0.2) is 0 Å². The first-order chi connectivity index (χ1) is 13.0. The molecule has 0 aliphatic carbocycles. The van der Waals surface area contributed by atoms with E-state index in [0.29, 0.717) is 10.7 Å². The number of aromatic amines is 1. The number of H-pyrrole nitrogens is 1. The molecular weight excluding hydrogens is 358 g/mol. The average molecular weight is 377 g/mol. The Hall–Kier alpha value is -2.93. The Bertz CT molecular complexity index is 1130. The number of hydrogen-bond acceptors (Lipinski definition) is 5. The minimum absolute atomic E-state index is 0.0490. The van der Waals surface area contributed by atoms with Gasteiger partial charge >= 0.3 is 0 Å². The molecule has 27 heavy (non-hydrogen) atoms. The van der Waals surface area contributed by atoms with Crippen molar-refractivity contribution >= 4 is 28.4 Å². The van der Waals surface area contributed by atoms with Crippen LogP contribution in [0.3, 0.4) is 0 Å². The number of aromatic nitrogens is 5. The van der Waals surface area contributed by atoms with Crippen molar-refractivity contribution in [3.8, 4) is 5.69 Å². The summed E-state index contributed by atoms with van der Waals surface area (Å²) in [5.74, 6) is 0.0490. The molecule has 0 fully saturated rings. The van der Waals surface area contributed by atoms with Gasteiger partial charge in [0.15, 0.2) is 5.78 Å². The summed E-state index contributed by atoms with van der Waals surface area (Å²) < 4.78 is 1.70. The quantitative estimate of drug-likeness (QED) is 0.418. The van der Waals surface area contributed by atoms with Crippen molar-refractivity contribution in [1.82, 2.24) is 25.2 Å². The molecule has 0 aliphatic heterocycles. The van der Waals surface area contributed by atoms with Crippen LogP contribution >= 0.6 is 11.8 Å². The highest BCUT2D eigenvalue weighted by Gasteiger charge is 2.23. The lowest BCUT2D eigenvalue weighted by molar-refractivity contribution is 0.0995. The summed E-state index contributed by atoms with van der Waals surface area (Å²) >= 11 is 1.36. The number of tetrazole rings is 1. The molecule has 0 spiro atoms. The third-order valence-corrected chi connectivity index (χ3v) is 5.57. The van der Waals surface area contributed by atoms with Crippen molar-refractivity contribution in [2.45, 2.75) is 31.2 Å². The minimum atomic E-state index is -0.320. The van der Waals surface area contributed by atoms with Crippen LogP contribution in [0.25, 0.3) is 16.6 Å². The molecule has 0 aliphatic rings. The largest absolute Gasteiger partial charge is 0.360 e. The summed E-state index contributed by atoms with van der Waals surface area (Å²) in [6, 6.07) is 13.9. The number of Topliss-reactive ketones (excluding diaryl/α,β-unsaturated/α-hetero) is 1. The van der Waals surface area contributed by atoms with Crippen LogP contribution in [0.5, 0.6) is 0 Å². The zero-order chi connectivity index (χ0) is 19.0. The van der Waals surface area contributed by atoms with Gasteiger partial charge in [0.05, 0.1) is 10.9 Å². The molecule has 1 N–H and O–H groups in total. The van der Waals surface area contributed by atoms with Crippen molar-refractivity contribution in [2.24, 2.45) is 0 Å². The highest BCUT2D eigenvalue weighted by Crippen LogP contribution is 2.28. The van der Waals surface area contributed by atoms with Crippen molar-refractivity contribution in [1.29, 1.82) is 0 Å². The zero-order valence-electron chi connectivity index (χ0n) is 15.3. The number of benzene rings is 2. The molecule has 4 rings (SSSR count). The fraction of sp³-hybridized carbons (Fsp3) is 0.200. The molecule has 0 saturated heterocycles. The smallest absolute Gasteiger partial charge is 0.214 e. The van der Waals surface area contributed by atoms with Crippen LogP contribution < -0.4 is 0 Å². The van der Waals surface area contributed by atoms with E-state index in [1.54, 1.807) is 10.9 Å². The Labute approximate surface area is 161 Å². The molecule has 0 radical (unpaired) electrons. The fourth-order valence-corrected chi connectivity index (χ4v) is 3.93. The van der Waals surface area contributed by atoms with Crippen LogP contribution in [-0.2, 0) is 0 Å². The number of nitrogens with zero attached hydrogens (tertiary/aromatic N) is 4. The Morgan fingerprint density at radius 2 is 2.00 bits per heavy atom. The molecule has 7 heteroatoms.